The largest absolute Gasteiger partial charge is 0.393 e. The van der Waals surface area contributed by atoms with E-state index < -0.39 is 22.6 Å². The third-order valence-corrected chi connectivity index (χ3v) is 2.66. The maximum atomic E-state index is 11.9. The van der Waals surface area contributed by atoms with E-state index in [-0.39, 0.29) is 16.8 Å². The van der Waals surface area contributed by atoms with Gasteiger partial charge in [0.2, 0.25) is 5.15 Å². The van der Waals surface area contributed by atoms with Crippen molar-refractivity contribution >= 4 is 23.2 Å². The van der Waals surface area contributed by atoms with E-state index in [0.29, 0.717) is 6.42 Å². The molecule has 0 saturated carbocycles. The zero-order valence-corrected chi connectivity index (χ0v) is 11.2. The van der Waals surface area contributed by atoms with Gasteiger partial charge >= 0.3 is 5.69 Å². The average Bonchev–Trinajstić information content (AvgIpc) is 2.26. The SMILES string of the molecule is CC(O)CC(C)NC(=O)c1ccnc(Cl)c1[N+](=O)[O-]. The van der Waals surface area contributed by atoms with Crippen LogP contribution in [0.4, 0.5) is 5.69 Å². The molecule has 0 aliphatic heterocycles. The van der Waals surface area contributed by atoms with E-state index in [1.807, 2.05) is 0 Å². The summed E-state index contributed by atoms with van der Waals surface area (Å²) in [7, 11) is 0. The molecule has 1 heterocycles. The number of carbonyl (C=O) groups is 1. The smallest absolute Gasteiger partial charge is 0.319 e. The molecule has 0 aliphatic rings. The summed E-state index contributed by atoms with van der Waals surface area (Å²) in [6.45, 7) is 3.29. The number of rotatable bonds is 5. The molecule has 0 aromatic carbocycles. The summed E-state index contributed by atoms with van der Waals surface area (Å²) >= 11 is 5.62. The van der Waals surface area contributed by atoms with Crippen molar-refractivity contribution in [3.05, 3.63) is 33.1 Å². The quantitative estimate of drug-likeness (QED) is 0.485. The van der Waals surface area contributed by atoms with Crippen LogP contribution in [-0.2, 0) is 0 Å². The first-order valence-electron chi connectivity index (χ1n) is 5.60. The van der Waals surface area contributed by atoms with Gasteiger partial charge in [-0.05, 0) is 26.3 Å². The molecular weight excluding hydrogens is 274 g/mol. The van der Waals surface area contributed by atoms with Crippen molar-refractivity contribution in [2.75, 3.05) is 0 Å². The minimum absolute atomic E-state index is 0.151. The highest BCUT2D eigenvalue weighted by molar-refractivity contribution is 6.32. The molecule has 2 N–H and O–H groups in total. The molecule has 1 aromatic rings. The number of pyridine rings is 1. The molecule has 0 spiro atoms. The third kappa shape index (κ3) is 4.15. The normalized spacial score (nSPS) is 13.7. The lowest BCUT2D eigenvalue weighted by Gasteiger charge is -2.15. The van der Waals surface area contributed by atoms with Gasteiger partial charge in [-0.1, -0.05) is 11.6 Å². The number of nitrogens with zero attached hydrogens (tertiary/aromatic N) is 2. The van der Waals surface area contributed by atoms with Gasteiger partial charge in [-0.15, -0.1) is 0 Å². The predicted octanol–water partition coefficient (Wildman–Crippen LogP) is 1.53. The lowest BCUT2D eigenvalue weighted by molar-refractivity contribution is -0.385. The molecule has 1 rings (SSSR count). The van der Waals surface area contributed by atoms with Gasteiger partial charge in [0.25, 0.3) is 5.91 Å². The van der Waals surface area contributed by atoms with Crippen molar-refractivity contribution in [2.45, 2.75) is 32.4 Å². The molecule has 7 nitrogen and oxygen atoms in total. The Morgan fingerprint density at radius 1 is 1.63 bits per heavy atom. The van der Waals surface area contributed by atoms with E-state index in [4.69, 9.17) is 11.6 Å². The Labute approximate surface area is 114 Å². The van der Waals surface area contributed by atoms with E-state index in [9.17, 15) is 20.0 Å². The van der Waals surface area contributed by atoms with E-state index in [2.05, 4.69) is 10.3 Å². The van der Waals surface area contributed by atoms with Crippen molar-refractivity contribution < 1.29 is 14.8 Å². The van der Waals surface area contributed by atoms with Gasteiger partial charge in [0.1, 0.15) is 5.56 Å². The summed E-state index contributed by atoms with van der Waals surface area (Å²) in [5, 5.41) is 22.3. The number of aliphatic hydroxyl groups is 1. The molecule has 0 radical (unpaired) electrons. The number of carbonyl (C=O) groups excluding carboxylic acids is 1. The highest BCUT2D eigenvalue weighted by atomic mass is 35.5. The van der Waals surface area contributed by atoms with Crippen molar-refractivity contribution in [1.82, 2.24) is 10.3 Å². The maximum absolute atomic E-state index is 11.9. The van der Waals surface area contributed by atoms with Gasteiger partial charge in [0.15, 0.2) is 0 Å². The molecule has 8 heteroatoms. The van der Waals surface area contributed by atoms with E-state index in [0.717, 1.165) is 0 Å². The summed E-state index contributed by atoms with van der Waals surface area (Å²) in [6, 6.07) is 0.910. The first-order chi connectivity index (χ1) is 8.82. The number of aliphatic hydroxyl groups excluding tert-OH is 1. The third-order valence-electron chi connectivity index (χ3n) is 2.38. The summed E-state index contributed by atoms with van der Waals surface area (Å²) in [5.41, 5.74) is -0.673. The minimum atomic E-state index is -0.746. The Balaban J connectivity index is 2.94. The van der Waals surface area contributed by atoms with Gasteiger partial charge in [-0.3, -0.25) is 14.9 Å². The van der Waals surface area contributed by atoms with Crippen LogP contribution in [0.5, 0.6) is 0 Å². The second-order valence-electron chi connectivity index (χ2n) is 4.21. The van der Waals surface area contributed by atoms with Crippen molar-refractivity contribution in [3.8, 4) is 0 Å². The Bertz CT molecular complexity index is 493. The lowest BCUT2D eigenvalue weighted by atomic mass is 10.1. The van der Waals surface area contributed by atoms with Crippen LogP contribution < -0.4 is 5.32 Å². The summed E-state index contributed by atoms with van der Waals surface area (Å²) < 4.78 is 0. The van der Waals surface area contributed by atoms with Crippen LogP contribution in [0.1, 0.15) is 30.6 Å². The van der Waals surface area contributed by atoms with E-state index >= 15 is 0 Å². The first-order valence-corrected chi connectivity index (χ1v) is 5.98. The van der Waals surface area contributed by atoms with Crippen molar-refractivity contribution in [3.63, 3.8) is 0 Å². The van der Waals surface area contributed by atoms with Crippen LogP contribution in [0.15, 0.2) is 12.3 Å². The number of halogens is 1. The number of hydrogen-bond donors (Lipinski definition) is 2. The molecule has 0 saturated heterocycles. The second-order valence-corrected chi connectivity index (χ2v) is 4.57. The zero-order chi connectivity index (χ0) is 14.6. The molecule has 104 valence electrons. The fourth-order valence-electron chi connectivity index (χ4n) is 1.66. The van der Waals surface area contributed by atoms with Crippen LogP contribution in [-0.4, -0.2) is 33.1 Å². The van der Waals surface area contributed by atoms with E-state index in [1.165, 1.54) is 12.3 Å². The van der Waals surface area contributed by atoms with Crippen molar-refractivity contribution in [2.24, 2.45) is 0 Å². The Morgan fingerprint density at radius 3 is 2.79 bits per heavy atom. The van der Waals surface area contributed by atoms with Crippen molar-refractivity contribution in [1.29, 1.82) is 0 Å². The standard InChI is InChI=1S/C11H14ClN3O4/c1-6(5-7(2)16)14-11(17)8-3-4-13-10(12)9(8)15(18)19/h3-4,6-7,16H,5H2,1-2H3,(H,14,17). The van der Waals surface area contributed by atoms with Gasteiger partial charge in [0.05, 0.1) is 11.0 Å². The van der Waals surface area contributed by atoms with Gasteiger partial charge in [-0.2, -0.15) is 0 Å². The highest BCUT2D eigenvalue weighted by Gasteiger charge is 2.25. The molecule has 19 heavy (non-hydrogen) atoms. The molecular formula is C11H14ClN3O4. The number of amides is 1. The van der Waals surface area contributed by atoms with Gasteiger partial charge in [-0.25, -0.2) is 4.98 Å². The molecule has 1 aromatic heterocycles. The number of nitrogens with one attached hydrogen (secondary N) is 1. The Kier molecular flexibility index (Phi) is 5.20. The van der Waals surface area contributed by atoms with Gasteiger partial charge < -0.3 is 10.4 Å². The Hall–Kier alpha value is -1.73. The monoisotopic (exact) mass is 287 g/mol. The number of hydrogen-bond acceptors (Lipinski definition) is 5. The highest BCUT2D eigenvalue weighted by Crippen LogP contribution is 2.25. The second kappa shape index (κ2) is 6.44. The maximum Gasteiger partial charge on any atom is 0.319 e. The summed E-state index contributed by atoms with van der Waals surface area (Å²) in [4.78, 5) is 25.6. The van der Waals surface area contributed by atoms with Crippen LogP contribution in [0.3, 0.4) is 0 Å². The fourth-order valence-corrected chi connectivity index (χ4v) is 1.88. The molecule has 1 amide bonds. The zero-order valence-electron chi connectivity index (χ0n) is 10.5. The molecule has 0 aliphatic carbocycles. The Morgan fingerprint density at radius 2 is 2.26 bits per heavy atom. The predicted molar refractivity (Wildman–Crippen MR) is 69.1 cm³/mol. The lowest BCUT2D eigenvalue weighted by Crippen LogP contribution is -2.35. The molecule has 2 unspecified atom stereocenters. The van der Waals surface area contributed by atoms with E-state index in [1.54, 1.807) is 13.8 Å². The molecule has 0 bridgehead atoms. The topological polar surface area (TPSA) is 105 Å². The van der Waals surface area contributed by atoms with Crippen LogP contribution in [0.25, 0.3) is 0 Å². The first kappa shape index (κ1) is 15.3. The number of aromatic nitrogens is 1. The van der Waals surface area contributed by atoms with Gasteiger partial charge in [0, 0.05) is 12.2 Å². The molecule has 2 atom stereocenters. The molecule has 0 fully saturated rings. The fraction of sp³-hybridized carbons (Fsp3) is 0.455. The van der Waals surface area contributed by atoms with Crippen LogP contribution >= 0.6 is 11.6 Å². The van der Waals surface area contributed by atoms with Crippen LogP contribution in [0, 0.1) is 10.1 Å². The summed E-state index contributed by atoms with van der Waals surface area (Å²) in [6.07, 6.45) is 0.994. The summed E-state index contributed by atoms with van der Waals surface area (Å²) in [5.74, 6) is -0.621. The van der Waals surface area contributed by atoms with Crippen LogP contribution in [0.2, 0.25) is 5.15 Å². The average molecular weight is 288 g/mol. The number of nitro groups is 1. The minimum Gasteiger partial charge on any atom is -0.393 e.